The van der Waals surface area contributed by atoms with E-state index in [9.17, 15) is 13.5 Å². The minimum atomic E-state index is -3.57. The van der Waals surface area contributed by atoms with Gasteiger partial charge in [0.15, 0.2) is 0 Å². The summed E-state index contributed by atoms with van der Waals surface area (Å²) in [5.41, 5.74) is 2.24. The molecule has 0 aliphatic carbocycles. The maximum Gasteiger partial charge on any atom is 0.243 e. The zero-order chi connectivity index (χ0) is 15.6. The van der Waals surface area contributed by atoms with Gasteiger partial charge < -0.3 is 5.11 Å². The summed E-state index contributed by atoms with van der Waals surface area (Å²) in [6.45, 7) is 3.83. The van der Waals surface area contributed by atoms with Crippen molar-refractivity contribution in [2.45, 2.75) is 31.9 Å². The van der Waals surface area contributed by atoms with Gasteiger partial charge >= 0.3 is 0 Å². The van der Waals surface area contributed by atoms with Gasteiger partial charge in [-0.15, -0.1) is 11.3 Å². The number of thiophene rings is 1. The Balaban J connectivity index is 2.39. The highest BCUT2D eigenvalue weighted by Gasteiger charge is 2.24. The van der Waals surface area contributed by atoms with Crippen molar-refractivity contribution in [1.82, 2.24) is 4.31 Å². The Morgan fingerprint density at radius 3 is 2.52 bits per heavy atom. The largest absolute Gasteiger partial charge is 0.392 e. The molecule has 1 heterocycles. The van der Waals surface area contributed by atoms with Gasteiger partial charge in [0.05, 0.1) is 11.5 Å². The molecule has 4 nitrogen and oxygen atoms in total. The number of aryl methyl sites for hydroxylation is 2. The molecule has 0 unspecified atom stereocenters. The van der Waals surface area contributed by atoms with Gasteiger partial charge in [-0.05, 0) is 48.1 Å². The van der Waals surface area contributed by atoms with Crippen LogP contribution in [0.4, 0.5) is 0 Å². The molecule has 0 radical (unpaired) electrons. The van der Waals surface area contributed by atoms with Crippen LogP contribution < -0.4 is 0 Å². The SMILES string of the molecule is Cc1cc(C)c(S(=O)(=O)N(C)Cc2cccs2)cc1CO. The molecule has 2 aromatic rings. The number of aliphatic hydroxyl groups excluding tert-OH is 1. The molecule has 21 heavy (non-hydrogen) atoms. The third-order valence-electron chi connectivity index (χ3n) is 3.45. The quantitative estimate of drug-likeness (QED) is 0.919. The molecular weight excluding hydrogens is 306 g/mol. The third-order valence-corrected chi connectivity index (χ3v) is 6.26. The smallest absolute Gasteiger partial charge is 0.243 e. The summed E-state index contributed by atoms with van der Waals surface area (Å²) in [5.74, 6) is 0. The van der Waals surface area contributed by atoms with Crippen molar-refractivity contribution >= 4 is 21.4 Å². The van der Waals surface area contributed by atoms with Gasteiger partial charge in [-0.2, -0.15) is 4.31 Å². The molecule has 6 heteroatoms. The average Bonchev–Trinajstić information content (AvgIpc) is 2.91. The molecule has 0 aliphatic heterocycles. The first kappa shape index (κ1) is 16.2. The highest BCUT2D eigenvalue weighted by molar-refractivity contribution is 7.89. The second-order valence-corrected chi connectivity index (χ2v) is 8.09. The van der Waals surface area contributed by atoms with Crippen LogP contribution in [-0.4, -0.2) is 24.9 Å². The molecule has 114 valence electrons. The van der Waals surface area contributed by atoms with Crippen LogP contribution in [0.2, 0.25) is 0 Å². The summed E-state index contributed by atoms with van der Waals surface area (Å²) in [6, 6.07) is 7.20. The Kier molecular flexibility index (Phi) is 4.83. The third kappa shape index (κ3) is 3.35. The van der Waals surface area contributed by atoms with E-state index in [-0.39, 0.29) is 11.5 Å². The van der Waals surface area contributed by atoms with Crippen LogP contribution >= 0.6 is 11.3 Å². The molecule has 0 saturated heterocycles. The minimum Gasteiger partial charge on any atom is -0.392 e. The van der Waals surface area contributed by atoms with Crippen molar-refractivity contribution in [3.63, 3.8) is 0 Å². The number of hydrogen-bond acceptors (Lipinski definition) is 4. The maximum absolute atomic E-state index is 12.7. The lowest BCUT2D eigenvalue weighted by molar-refractivity contribution is 0.280. The number of sulfonamides is 1. The van der Waals surface area contributed by atoms with Crippen LogP contribution in [0.5, 0.6) is 0 Å². The molecule has 2 rings (SSSR count). The molecular formula is C15H19NO3S2. The fourth-order valence-corrected chi connectivity index (χ4v) is 4.44. The van der Waals surface area contributed by atoms with Crippen molar-refractivity contribution < 1.29 is 13.5 Å². The normalized spacial score (nSPS) is 12.0. The van der Waals surface area contributed by atoms with Crippen molar-refractivity contribution in [3.05, 3.63) is 51.2 Å². The van der Waals surface area contributed by atoms with Gasteiger partial charge in [-0.1, -0.05) is 12.1 Å². The van der Waals surface area contributed by atoms with Crippen molar-refractivity contribution in [2.75, 3.05) is 7.05 Å². The Labute approximate surface area is 129 Å². The van der Waals surface area contributed by atoms with E-state index in [2.05, 4.69) is 0 Å². The Hall–Kier alpha value is -1.21. The zero-order valence-electron chi connectivity index (χ0n) is 12.3. The highest BCUT2D eigenvalue weighted by atomic mass is 32.2. The lowest BCUT2D eigenvalue weighted by Gasteiger charge is -2.19. The van der Waals surface area contributed by atoms with Gasteiger partial charge in [0, 0.05) is 18.5 Å². The predicted octanol–water partition coefficient (Wildman–Crippen LogP) is 2.68. The molecule has 0 bridgehead atoms. The van der Waals surface area contributed by atoms with E-state index >= 15 is 0 Å². The number of benzene rings is 1. The fourth-order valence-electron chi connectivity index (χ4n) is 2.20. The van der Waals surface area contributed by atoms with Crippen LogP contribution in [0, 0.1) is 13.8 Å². The van der Waals surface area contributed by atoms with Crippen LogP contribution in [0.15, 0.2) is 34.5 Å². The van der Waals surface area contributed by atoms with Gasteiger partial charge in [-0.25, -0.2) is 8.42 Å². The van der Waals surface area contributed by atoms with Gasteiger partial charge in [0.2, 0.25) is 10.0 Å². The van der Waals surface area contributed by atoms with Crippen molar-refractivity contribution in [2.24, 2.45) is 0 Å². The van der Waals surface area contributed by atoms with Crippen LogP contribution in [0.1, 0.15) is 21.6 Å². The summed E-state index contributed by atoms with van der Waals surface area (Å²) in [4.78, 5) is 1.25. The Morgan fingerprint density at radius 1 is 1.24 bits per heavy atom. The number of rotatable bonds is 5. The van der Waals surface area contributed by atoms with Gasteiger partial charge in [0.25, 0.3) is 0 Å². The second-order valence-electron chi connectivity index (χ2n) is 5.04. The Bertz CT molecular complexity index is 722. The monoisotopic (exact) mass is 325 g/mol. The second kappa shape index (κ2) is 6.27. The topological polar surface area (TPSA) is 57.6 Å². The zero-order valence-corrected chi connectivity index (χ0v) is 14.0. The Morgan fingerprint density at radius 2 is 1.95 bits per heavy atom. The summed E-state index contributed by atoms with van der Waals surface area (Å²) in [5, 5.41) is 11.3. The van der Waals surface area contributed by atoms with Gasteiger partial charge in [-0.3, -0.25) is 0 Å². The summed E-state index contributed by atoms with van der Waals surface area (Å²) in [7, 11) is -1.99. The predicted molar refractivity (Wildman–Crippen MR) is 84.8 cm³/mol. The number of aliphatic hydroxyl groups is 1. The fraction of sp³-hybridized carbons (Fsp3) is 0.333. The van der Waals surface area contributed by atoms with E-state index < -0.39 is 10.0 Å². The van der Waals surface area contributed by atoms with Crippen LogP contribution in [-0.2, 0) is 23.2 Å². The van der Waals surface area contributed by atoms with Crippen molar-refractivity contribution in [1.29, 1.82) is 0 Å². The summed E-state index contributed by atoms with van der Waals surface area (Å²) >= 11 is 1.53. The molecule has 1 aromatic carbocycles. The van der Waals surface area contributed by atoms with E-state index in [0.29, 0.717) is 17.7 Å². The van der Waals surface area contributed by atoms with E-state index in [1.165, 1.54) is 15.6 Å². The first-order valence-corrected chi connectivity index (χ1v) is 8.88. The molecule has 0 saturated carbocycles. The van der Waals surface area contributed by atoms with Crippen LogP contribution in [0.3, 0.4) is 0 Å². The molecule has 1 aromatic heterocycles. The summed E-state index contributed by atoms with van der Waals surface area (Å²) < 4.78 is 26.8. The summed E-state index contributed by atoms with van der Waals surface area (Å²) in [6.07, 6.45) is 0. The molecule has 0 aliphatic rings. The highest BCUT2D eigenvalue weighted by Crippen LogP contribution is 2.25. The molecule has 0 fully saturated rings. The minimum absolute atomic E-state index is 0.163. The molecule has 0 atom stereocenters. The first-order valence-electron chi connectivity index (χ1n) is 6.56. The lowest BCUT2D eigenvalue weighted by atomic mass is 10.1. The van der Waals surface area contributed by atoms with E-state index in [1.807, 2.05) is 24.4 Å². The lowest BCUT2D eigenvalue weighted by Crippen LogP contribution is -2.27. The average molecular weight is 325 g/mol. The number of hydrogen-bond donors (Lipinski definition) is 1. The van der Waals surface area contributed by atoms with Crippen molar-refractivity contribution in [3.8, 4) is 0 Å². The molecule has 0 amide bonds. The molecule has 1 N–H and O–H groups in total. The first-order chi connectivity index (χ1) is 9.86. The molecule has 0 spiro atoms. The van der Waals surface area contributed by atoms with E-state index in [0.717, 1.165) is 10.4 Å². The number of nitrogens with zero attached hydrogens (tertiary/aromatic N) is 1. The van der Waals surface area contributed by atoms with E-state index in [4.69, 9.17) is 0 Å². The van der Waals surface area contributed by atoms with E-state index in [1.54, 1.807) is 26.1 Å². The van der Waals surface area contributed by atoms with Gasteiger partial charge in [0.1, 0.15) is 0 Å². The standard InChI is InChI=1S/C15H19NO3S2/c1-11-7-12(2)15(8-13(11)10-17)21(18,19)16(3)9-14-5-4-6-20-14/h4-8,17H,9-10H2,1-3H3. The van der Waals surface area contributed by atoms with Crippen LogP contribution in [0.25, 0.3) is 0 Å². The maximum atomic E-state index is 12.7.